The Hall–Kier alpha value is -1.19. The Kier molecular flexibility index (Phi) is 3.61. The van der Waals surface area contributed by atoms with Gasteiger partial charge in [0, 0.05) is 13.1 Å². The highest BCUT2D eigenvalue weighted by Crippen LogP contribution is 2.06. The predicted molar refractivity (Wildman–Crippen MR) is 50.0 cm³/mol. The highest BCUT2D eigenvalue weighted by atomic mass is 16.5. The Morgan fingerprint density at radius 3 is 2.69 bits per heavy atom. The van der Waals surface area contributed by atoms with E-state index in [-0.39, 0.29) is 12.5 Å². The van der Waals surface area contributed by atoms with Gasteiger partial charge in [0.2, 0.25) is 5.91 Å². The van der Waals surface area contributed by atoms with Crippen LogP contribution in [0.1, 0.15) is 12.8 Å². The van der Waals surface area contributed by atoms with Gasteiger partial charge < -0.3 is 15.0 Å². The van der Waals surface area contributed by atoms with Crippen molar-refractivity contribution in [2.75, 3.05) is 26.7 Å². The minimum Gasteiger partial charge on any atom is -0.483 e. The van der Waals surface area contributed by atoms with Crippen molar-refractivity contribution in [3.05, 3.63) is 12.5 Å². The van der Waals surface area contributed by atoms with Crippen molar-refractivity contribution in [1.82, 2.24) is 10.2 Å². The maximum atomic E-state index is 11.4. The normalized spacial score (nSPS) is 15.6. The van der Waals surface area contributed by atoms with Crippen LogP contribution in [0.4, 0.5) is 0 Å². The average molecular weight is 184 g/mol. The van der Waals surface area contributed by atoms with E-state index in [1.54, 1.807) is 0 Å². The van der Waals surface area contributed by atoms with E-state index in [0.29, 0.717) is 5.88 Å². The molecule has 0 aliphatic carbocycles. The molecule has 1 rings (SSSR count). The lowest BCUT2D eigenvalue weighted by Crippen LogP contribution is -2.35. The molecule has 1 saturated heterocycles. The fraction of sp³-hybridized carbons (Fsp3) is 0.667. The van der Waals surface area contributed by atoms with Crippen LogP contribution in [-0.4, -0.2) is 37.6 Å². The Morgan fingerprint density at radius 2 is 2.15 bits per heavy atom. The van der Waals surface area contributed by atoms with Crippen molar-refractivity contribution in [2.24, 2.45) is 0 Å². The molecule has 0 aromatic rings. The molecule has 1 N–H and O–H groups in total. The van der Waals surface area contributed by atoms with Gasteiger partial charge in [-0.1, -0.05) is 0 Å². The van der Waals surface area contributed by atoms with Gasteiger partial charge in [0.1, 0.15) is 0 Å². The molecule has 0 atom stereocenters. The van der Waals surface area contributed by atoms with E-state index >= 15 is 0 Å². The highest BCUT2D eigenvalue weighted by Gasteiger charge is 2.17. The first kappa shape index (κ1) is 9.89. The summed E-state index contributed by atoms with van der Waals surface area (Å²) in [6.07, 6.45) is 2.24. The summed E-state index contributed by atoms with van der Waals surface area (Å²) in [7, 11) is 1.52. The summed E-state index contributed by atoms with van der Waals surface area (Å²) < 4.78 is 4.79. The van der Waals surface area contributed by atoms with E-state index < -0.39 is 0 Å². The van der Waals surface area contributed by atoms with E-state index in [1.165, 1.54) is 7.11 Å². The van der Waals surface area contributed by atoms with E-state index in [4.69, 9.17) is 4.74 Å². The van der Waals surface area contributed by atoms with Gasteiger partial charge in [-0.15, -0.1) is 0 Å². The van der Waals surface area contributed by atoms with Crippen molar-refractivity contribution in [3.63, 3.8) is 0 Å². The number of carbonyl (C=O) groups excluding carboxylic acids is 1. The SMILES string of the molecule is C=C(NCC(=O)N1CCCC1)OC. The number of ether oxygens (including phenoxy) is 1. The zero-order valence-corrected chi connectivity index (χ0v) is 8.01. The average Bonchev–Trinajstić information content (AvgIpc) is 2.66. The van der Waals surface area contributed by atoms with Crippen LogP contribution in [0.5, 0.6) is 0 Å². The first-order chi connectivity index (χ1) is 6.24. The van der Waals surface area contributed by atoms with Crippen molar-refractivity contribution >= 4 is 5.91 Å². The Labute approximate surface area is 78.5 Å². The second-order valence-corrected chi connectivity index (χ2v) is 3.07. The molecule has 0 spiro atoms. The number of amides is 1. The number of nitrogens with one attached hydrogen (secondary N) is 1. The molecule has 74 valence electrons. The summed E-state index contributed by atoms with van der Waals surface area (Å²) >= 11 is 0. The van der Waals surface area contributed by atoms with Gasteiger partial charge in [-0.25, -0.2) is 0 Å². The van der Waals surface area contributed by atoms with Crippen LogP contribution in [0.2, 0.25) is 0 Å². The fourth-order valence-electron chi connectivity index (χ4n) is 1.32. The van der Waals surface area contributed by atoms with Crippen LogP contribution in [0.25, 0.3) is 0 Å². The molecule has 1 amide bonds. The highest BCUT2D eigenvalue weighted by molar-refractivity contribution is 5.78. The van der Waals surface area contributed by atoms with Crippen LogP contribution in [0.15, 0.2) is 12.5 Å². The van der Waals surface area contributed by atoms with Gasteiger partial charge in [0.05, 0.1) is 13.7 Å². The molecule has 0 radical (unpaired) electrons. The summed E-state index contributed by atoms with van der Waals surface area (Å²) in [6, 6.07) is 0. The number of hydrogen-bond donors (Lipinski definition) is 1. The number of rotatable bonds is 4. The van der Waals surface area contributed by atoms with E-state index in [2.05, 4.69) is 11.9 Å². The molecule has 1 aliphatic rings. The summed E-state index contributed by atoms with van der Waals surface area (Å²) in [6.45, 7) is 5.63. The van der Waals surface area contributed by atoms with Crippen molar-refractivity contribution in [3.8, 4) is 0 Å². The van der Waals surface area contributed by atoms with Crippen LogP contribution in [0.3, 0.4) is 0 Å². The summed E-state index contributed by atoms with van der Waals surface area (Å²) in [5.74, 6) is 0.559. The van der Waals surface area contributed by atoms with Gasteiger partial charge in [0.15, 0.2) is 5.88 Å². The lowest BCUT2D eigenvalue weighted by atomic mass is 10.4. The molecule has 1 aliphatic heterocycles. The maximum absolute atomic E-state index is 11.4. The number of nitrogens with zero attached hydrogens (tertiary/aromatic N) is 1. The molecule has 0 bridgehead atoms. The zero-order chi connectivity index (χ0) is 9.68. The summed E-state index contributed by atoms with van der Waals surface area (Å²) in [5.41, 5.74) is 0. The summed E-state index contributed by atoms with van der Waals surface area (Å²) in [5, 5.41) is 2.80. The molecule has 4 nitrogen and oxygen atoms in total. The fourth-order valence-corrected chi connectivity index (χ4v) is 1.32. The van der Waals surface area contributed by atoms with Gasteiger partial charge in [0.25, 0.3) is 0 Å². The van der Waals surface area contributed by atoms with Crippen molar-refractivity contribution in [2.45, 2.75) is 12.8 Å². The Morgan fingerprint density at radius 1 is 1.54 bits per heavy atom. The first-order valence-corrected chi connectivity index (χ1v) is 4.48. The molecule has 1 fully saturated rings. The van der Waals surface area contributed by atoms with E-state index in [0.717, 1.165) is 25.9 Å². The topological polar surface area (TPSA) is 41.6 Å². The van der Waals surface area contributed by atoms with Gasteiger partial charge in [-0.3, -0.25) is 4.79 Å². The van der Waals surface area contributed by atoms with Crippen LogP contribution >= 0.6 is 0 Å². The molecule has 4 heteroatoms. The zero-order valence-electron chi connectivity index (χ0n) is 8.01. The molecular formula is C9H16N2O2. The minimum atomic E-state index is 0.121. The molecule has 0 saturated carbocycles. The van der Waals surface area contributed by atoms with Crippen molar-refractivity contribution < 1.29 is 9.53 Å². The third kappa shape index (κ3) is 2.97. The smallest absolute Gasteiger partial charge is 0.241 e. The minimum absolute atomic E-state index is 0.121. The van der Waals surface area contributed by atoms with E-state index in [1.807, 2.05) is 4.90 Å². The van der Waals surface area contributed by atoms with Crippen LogP contribution < -0.4 is 5.32 Å². The molecule has 0 unspecified atom stereocenters. The van der Waals surface area contributed by atoms with E-state index in [9.17, 15) is 4.79 Å². The van der Waals surface area contributed by atoms with Crippen molar-refractivity contribution in [1.29, 1.82) is 0 Å². The summed E-state index contributed by atoms with van der Waals surface area (Å²) in [4.78, 5) is 13.3. The number of methoxy groups -OCH3 is 1. The number of hydrogen-bond acceptors (Lipinski definition) is 3. The lowest BCUT2D eigenvalue weighted by Gasteiger charge is -2.16. The van der Waals surface area contributed by atoms with Crippen LogP contribution in [-0.2, 0) is 9.53 Å². The predicted octanol–water partition coefficient (Wildman–Crippen LogP) is 0.316. The molecular weight excluding hydrogens is 168 g/mol. The quantitative estimate of drug-likeness (QED) is 0.640. The molecule has 1 heterocycles. The third-order valence-corrected chi connectivity index (χ3v) is 2.14. The van der Waals surface area contributed by atoms with Crippen LogP contribution in [0, 0.1) is 0 Å². The largest absolute Gasteiger partial charge is 0.483 e. The van der Waals surface area contributed by atoms with Gasteiger partial charge in [-0.2, -0.15) is 0 Å². The number of carbonyl (C=O) groups is 1. The molecule has 0 aromatic carbocycles. The monoisotopic (exact) mass is 184 g/mol. The Bertz CT molecular complexity index is 198. The molecule has 0 aromatic heterocycles. The second kappa shape index (κ2) is 4.74. The standard InChI is InChI=1S/C9H16N2O2/c1-8(13-2)10-7-9(12)11-5-3-4-6-11/h10H,1,3-7H2,2H3. The molecule has 13 heavy (non-hydrogen) atoms. The van der Waals surface area contributed by atoms with Gasteiger partial charge >= 0.3 is 0 Å². The third-order valence-electron chi connectivity index (χ3n) is 2.14. The Balaban J connectivity index is 2.20. The lowest BCUT2D eigenvalue weighted by molar-refractivity contribution is -0.129. The first-order valence-electron chi connectivity index (χ1n) is 4.48. The van der Waals surface area contributed by atoms with Gasteiger partial charge in [-0.05, 0) is 19.4 Å². The maximum Gasteiger partial charge on any atom is 0.241 e. The second-order valence-electron chi connectivity index (χ2n) is 3.07. The number of likely N-dealkylation sites (tertiary alicyclic amines) is 1.